The highest BCUT2D eigenvalue weighted by Crippen LogP contribution is 2.28. The lowest BCUT2D eigenvalue weighted by Crippen LogP contribution is -2.29. The number of esters is 1. The van der Waals surface area contributed by atoms with Gasteiger partial charge >= 0.3 is 5.97 Å². The van der Waals surface area contributed by atoms with Crippen LogP contribution < -0.4 is 9.64 Å². The molecule has 6 nitrogen and oxygen atoms in total. The van der Waals surface area contributed by atoms with E-state index in [2.05, 4.69) is 0 Å². The Kier molecular flexibility index (Phi) is 6.42. The Hall–Kier alpha value is -3.02. The Balaban J connectivity index is 1.71. The molecular weight excluding hydrogens is 368 g/mol. The number of ether oxygens (including phenoxy) is 2. The van der Waals surface area contributed by atoms with Crippen molar-refractivity contribution in [1.82, 2.24) is 4.90 Å². The monoisotopic (exact) mass is 396 g/mol. The predicted molar refractivity (Wildman–Crippen MR) is 113 cm³/mol. The van der Waals surface area contributed by atoms with E-state index in [-0.39, 0.29) is 11.9 Å². The number of carbonyl (C=O) groups excluding carboxylic acids is 2. The first-order valence-electron chi connectivity index (χ1n) is 9.74. The second-order valence-corrected chi connectivity index (χ2v) is 7.57. The van der Waals surface area contributed by atoms with Crippen LogP contribution >= 0.6 is 0 Å². The minimum Gasteiger partial charge on any atom is -0.496 e. The number of nitrogens with zero attached hydrogens (tertiary/aromatic N) is 2. The molecule has 3 rings (SSSR count). The molecule has 1 saturated heterocycles. The number of anilines is 1. The summed E-state index contributed by atoms with van der Waals surface area (Å²) < 4.78 is 10.3. The zero-order valence-corrected chi connectivity index (χ0v) is 17.5. The number of benzene rings is 2. The van der Waals surface area contributed by atoms with Gasteiger partial charge in [0.25, 0.3) is 5.91 Å². The van der Waals surface area contributed by atoms with Crippen LogP contribution in [-0.4, -0.2) is 58.2 Å². The van der Waals surface area contributed by atoms with Crippen molar-refractivity contribution in [2.45, 2.75) is 12.8 Å². The van der Waals surface area contributed by atoms with Crippen molar-refractivity contribution in [2.24, 2.45) is 5.92 Å². The summed E-state index contributed by atoms with van der Waals surface area (Å²) in [5.74, 6) is 0.767. The maximum atomic E-state index is 12.9. The second kappa shape index (κ2) is 8.99. The smallest absolute Gasteiger partial charge is 0.337 e. The van der Waals surface area contributed by atoms with Crippen LogP contribution in [0.25, 0.3) is 0 Å². The number of carbonyl (C=O) groups is 2. The molecule has 1 amide bonds. The first kappa shape index (κ1) is 20.7. The van der Waals surface area contributed by atoms with Gasteiger partial charge in [-0.15, -0.1) is 0 Å². The first-order valence-corrected chi connectivity index (χ1v) is 9.74. The van der Waals surface area contributed by atoms with Gasteiger partial charge < -0.3 is 19.3 Å². The summed E-state index contributed by atoms with van der Waals surface area (Å²) in [7, 11) is 6.92. The third-order valence-electron chi connectivity index (χ3n) is 5.39. The molecule has 1 atom stereocenters. The van der Waals surface area contributed by atoms with Gasteiger partial charge in [0.15, 0.2) is 0 Å². The van der Waals surface area contributed by atoms with Crippen molar-refractivity contribution < 1.29 is 19.1 Å². The van der Waals surface area contributed by atoms with E-state index in [1.807, 2.05) is 54.2 Å². The van der Waals surface area contributed by atoms with Crippen LogP contribution in [0.1, 0.15) is 32.7 Å². The fraction of sp³-hybridized carbons (Fsp3) is 0.391. The number of hydrogen-bond acceptors (Lipinski definition) is 5. The van der Waals surface area contributed by atoms with Gasteiger partial charge in [-0.25, -0.2) is 4.79 Å². The van der Waals surface area contributed by atoms with Gasteiger partial charge in [-0.1, -0.05) is 6.07 Å². The highest BCUT2D eigenvalue weighted by Gasteiger charge is 2.28. The molecule has 0 saturated carbocycles. The van der Waals surface area contributed by atoms with Crippen molar-refractivity contribution in [3.05, 3.63) is 59.2 Å². The molecule has 0 radical (unpaired) electrons. The molecule has 0 bridgehead atoms. The van der Waals surface area contributed by atoms with Gasteiger partial charge in [-0.2, -0.15) is 0 Å². The third kappa shape index (κ3) is 4.70. The third-order valence-corrected chi connectivity index (χ3v) is 5.39. The molecule has 1 unspecified atom stereocenters. The van der Waals surface area contributed by atoms with Crippen LogP contribution in [-0.2, 0) is 11.2 Å². The predicted octanol–water partition coefficient (Wildman–Crippen LogP) is 3.25. The summed E-state index contributed by atoms with van der Waals surface area (Å²) in [6.45, 7) is 1.42. The normalized spacial score (nSPS) is 15.9. The largest absolute Gasteiger partial charge is 0.496 e. The first-order chi connectivity index (χ1) is 13.9. The highest BCUT2D eigenvalue weighted by molar-refractivity contribution is 5.95. The Labute approximate surface area is 172 Å². The van der Waals surface area contributed by atoms with E-state index >= 15 is 0 Å². The van der Waals surface area contributed by atoms with Crippen LogP contribution in [0.4, 0.5) is 5.69 Å². The zero-order chi connectivity index (χ0) is 21.0. The number of likely N-dealkylation sites (tertiary alicyclic amines) is 1. The molecule has 0 aliphatic carbocycles. The van der Waals surface area contributed by atoms with Gasteiger partial charge in [0.05, 0.1) is 19.8 Å². The molecule has 1 aliphatic rings. The molecular formula is C23H28N2O4. The zero-order valence-electron chi connectivity index (χ0n) is 17.5. The Morgan fingerprint density at radius 1 is 1.10 bits per heavy atom. The van der Waals surface area contributed by atoms with E-state index in [0.717, 1.165) is 36.4 Å². The van der Waals surface area contributed by atoms with Gasteiger partial charge in [0, 0.05) is 38.4 Å². The summed E-state index contributed by atoms with van der Waals surface area (Å²) in [6, 6.07) is 13.0. The molecule has 1 fully saturated rings. The van der Waals surface area contributed by atoms with Gasteiger partial charge in [0.2, 0.25) is 0 Å². The maximum absolute atomic E-state index is 12.9. The molecule has 2 aromatic rings. The Bertz CT molecular complexity index is 894. The summed E-state index contributed by atoms with van der Waals surface area (Å²) in [4.78, 5) is 28.7. The lowest BCUT2D eigenvalue weighted by Gasteiger charge is -2.19. The maximum Gasteiger partial charge on any atom is 0.337 e. The molecule has 0 spiro atoms. The van der Waals surface area contributed by atoms with Crippen molar-refractivity contribution in [3.63, 3.8) is 0 Å². The van der Waals surface area contributed by atoms with E-state index in [4.69, 9.17) is 9.47 Å². The van der Waals surface area contributed by atoms with Crippen molar-refractivity contribution in [2.75, 3.05) is 46.3 Å². The SMILES string of the molecule is COC(=O)c1ccc(OC)c(CC2CCN(C(=O)c3cccc(N(C)C)c3)C2)c1. The van der Waals surface area contributed by atoms with Gasteiger partial charge in [-0.05, 0) is 60.7 Å². The topological polar surface area (TPSA) is 59.1 Å². The molecule has 154 valence electrons. The number of hydrogen-bond donors (Lipinski definition) is 0. The average molecular weight is 396 g/mol. The minimum absolute atomic E-state index is 0.0616. The van der Waals surface area contributed by atoms with Crippen LogP contribution in [0.15, 0.2) is 42.5 Å². The molecule has 2 aromatic carbocycles. The molecule has 0 N–H and O–H groups in total. The van der Waals surface area contributed by atoms with Crippen LogP contribution in [0, 0.1) is 5.92 Å². The molecule has 6 heteroatoms. The molecule has 29 heavy (non-hydrogen) atoms. The summed E-state index contributed by atoms with van der Waals surface area (Å²) >= 11 is 0. The van der Waals surface area contributed by atoms with Crippen LogP contribution in [0.2, 0.25) is 0 Å². The van der Waals surface area contributed by atoms with Crippen molar-refractivity contribution >= 4 is 17.6 Å². The van der Waals surface area contributed by atoms with E-state index < -0.39 is 0 Å². The van der Waals surface area contributed by atoms with Crippen molar-refractivity contribution in [3.8, 4) is 5.75 Å². The summed E-state index contributed by atoms with van der Waals surface area (Å²) in [5, 5.41) is 0. The highest BCUT2D eigenvalue weighted by atomic mass is 16.5. The fourth-order valence-corrected chi connectivity index (χ4v) is 3.78. The summed E-state index contributed by atoms with van der Waals surface area (Å²) in [5.41, 5.74) is 3.19. The average Bonchev–Trinajstić information content (AvgIpc) is 3.21. The molecule has 1 aliphatic heterocycles. The Morgan fingerprint density at radius 3 is 2.59 bits per heavy atom. The van der Waals surface area contributed by atoms with Crippen LogP contribution in [0.3, 0.4) is 0 Å². The fourth-order valence-electron chi connectivity index (χ4n) is 3.78. The van der Waals surface area contributed by atoms with E-state index in [0.29, 0.717) is 23.6 Å². The van der Waals surface area contributed by atoms with Crippen LogP contribution in [0.5, 0.6) is 5.75 Å². The van der Waals surface area contributed by atoms with E-state index in [1.54, 1.807) is 19.2 Å². The summed E-state index contributed by atoms with van der Waals surface area (Å²) in [6.07, 6.45) is 1.67. The number of amides is 1. The number of rotatable bonds is 6. The van der Waals surface area contributed by atoms with Crippen molar-refractivity contribution in [1.29, 1.82) is 0 Å². The number of methoxy groups -OCH3 is 2. The molecule has 1 heterocycles. The second-order valence-electron chi connectivity index (χ2n) is 7.57. The lowest BCUT2D eigenvalue weighted by molar-refractivity contribution is 0.0600. The molecule has 0 aromatic heterocycles. The Morgan fingerprint density at radius 2 is 1.90 bits per heavy atom. The lowest BCUT2D eigenvalue weighted by atomic mass is 9.96. The minimum atomic E-state index is -0.363. The van der Waals surface area contributed by atoms with Gasteiger partial charge in [0.1, 0.15) is 5.75 Å². The van der Waals surface area contributed by atoms with E-state index in [1.165, 1.54) is 7.11 Å². The van der Waals surface area contributed by atoms with Gasteiger partial charge in [-0.3, -0.25) is 4.79 Å². The van der Waals surface area contributed by atoms with E-state index in [9.17, 15) is 9.59 Å². The quantitative estimate of drug-likeness (QED) is 0.702. The standard InChI is InChI=1S/C23H28N2O4/c1-24(2)20-7-5-6-17(14-20)22(26)25-11-10-16(15-25)12-19-13-18(23(27)29-4)8-9-21(19)28-3/h5-9,13-14,16H,10-12,15H2,1-4H3.